The van der Waals surface area contributed by atoms with E-state index in [9.17, 15) is 0 Å². The van der Waals surface area contributed by atoms with Crippen molar-refractivity contribution in [1.82, 2.24) is 15.0 Å². The van der Waals surface area contributed by atoms with Crippen LogP contribution in [0.25, 0.3) is 55.8 Å². The smallest absolute Gasteiger partial charge is 0.206 e. The van der Waals surface area contributed by atoms with Crippen LogP contribution in [0.1, 0.15) is 23.3 Å². The number of nitrogens with zero attached hydrogens (tertiary/aromatic N) is 5. The second-order valence-corrected chi connectivity index (χ2v) is 10.9. The largest absolute Gasteiger partial charge is 0.456 e. The lowest BCUT2D eigenvalue weighted by Gasteiger charge is -2.21. The monoisotopic (exact) mass is 569 g/mol. The van der Waals surface area contributed by atoms with E-state index in [1.807, 2.05) is 84.9 Å². The van der Waals surface area contributed by atoms with E-state index in [0.717, 1.165) is 55.5 Å². The summed E-state index contributed by atoms with van der Waals surface area (Å²) in [6.07, 6.45) is 1.55. The molecule has 9 rings (SSSR count). The molecule has 0 spiro atoms. The molecule has 7 aromatic rings. The summed E-state index contributed by atoms with van der Waals surface area (Å²) < 4.78 is 12.4. The van der Waals surface area contributed by atoms with Crippen molar-refractivity contribution >= 4 is 34.2 Å². The summed E-state index contributed by atoms with van der Waals surface area (Å²) in [6, 6.07) is 40.2. The Hall–Kier alpha value is -5.95. The van der Waals surface area contributed by atoms with Crippen molar-refractivity contribution in [2.45, 2.75) is 12.0 Å². The van der Waals surface area contributed by atoms with E-state index in [1.54, 1.807) is 6.34 Å². The van der Waals surface area contributed by atoms with Gasteiger partial charge in [-0.15, -0.1) is 0 Å². The molecule has 2 atom stereocenters. The van der Waals surface area contributed by atoms with Gasteiger partial charge in [-0.05, 0) is 35.4 Å². The zero-order valence-corrected chi connectivity index (χ0v) is 23.3. The third-order valence-electron chi connectivity index (χ3n) is 8.25. The number of fused-ring (bicyclic) bond motifs is 6. The maximum Gasteiger partial charge on any atom is 0.206 e. The normalized spacial score (nSPS) is 16.9. The van der Waals surface area contributed by atoms with E-state index in [4.69, 9.17) is 29.1 Å². The average molecular weight is 570 g/mol. The Balaban J connectivity index is 1.12. The van der Waals surface area contributed by atoms with Gasteiger partial charge < -0.3 is 9.15 Å². The van der Waals surface area contributed by atoms with Crippen LogP contribution in [0.2, 0.25) is 0 Å². The highest BCUT2D eigenvalue weighted by atomic mass is 16.5. The molecule has 0 saturated carbocycles. The van der Waals surface area contributed by atoms with E-state index < -0.39 is 6.04 Å². The predicted octanol–water partition coefficient (Wildman–Crippen LogP) is 8.43. The van der Waals surface area contributed by atoms with Crippen molar-refractivity contribution in [2.75, 3.05) is 0 Å². The number of ether oxygens (including phenoxy) is 1. The van der Waals surface area contributed by atoms with Gasteiger partial charge in [0.05, 0.1) is 5.92 Å². The molecule has 0 bridgehead atoms. The van der Waals surface area contributed by atoms with Crippen LogP contribution in [0.15, 0.2) is 136 Å². The molecule has 5 aromatic carbocycles. The molecule has 208 valence electrons. The lowest BCUT2D eigenvalue weighted by atomic mass is 9.90. The van der Waals surface area contributed by atoms with Gasteiger partial charge in [-0.3, -0.25) is 4.99 Å². The van der Waals surface area contributed by atoms with Crippen LogP contribution in [-0.4, -0.2) is 27.2 Å². The number of furan rings is 1. The second kappa shape index (κ2) is 9.81. The van der Waals surface area contributed by atoms with Crippen molar-refractivity contribution in [1.29, 1.82) is 0 Å². The highest BCUT2D eigenvalue weighted by Gasteiger charge is 2.41. The molecular formula is C37H23N5O2. The predicted molar refractivity (Wildman–Crippen MR) is 172 cm³/mol. The number of benzene rings is 5. The first-order valence-corrected chi connectivity index (χ1v) is 14.5. The summed E-state index contributed by atoms with van der Waals surface area (Å²) in [5, 5.41) is 2.19. The molecule has 2 unspecified atom stereocenters. The summed E-state index contributed by atoms with van der Waals surface area (Å²) in [4.78, 5) is 24.1. The van der Waals surface area contributed by atoms with Crippen LogP contribution >= 0.6 is 0 Å². The topological polar surface area (TPSA) is 85.8 Å². The molecule has 2 aromatic heterocycles. The fourth-order valence-corrected chi connectivity index (χ4v) is 6.11. The van der Waals surface area contributed by atoms with Crippen molar-refractivity contribution in [2.24, 2.45) is 9.98 Å². The van der Waals surface area contributed by atoms with Crippen molar-refractivity contribution in [3.63, 3.8) is 0 Å². The van der Waals surface area contributed by atoms with Crippen molar-refractivity contribution < 1.29 is 9.15 Å². The Labute approximate surface area is 252 Å². The summed E-state index contributed by atoms with van der Waals surface area (Å²) in [5.41, 5.74) is 6.72. The fourth-order valence-electron chi connectivity index (χ4n) is 6.11. The van der Waals surface area contributed by atoms with Crippen LogP contribution in [0.4, 0.5) is 0 Å². The fraction of sp³-hybridized carbons (Fsp3) is 0.0541. The van der Waals surface area contributed by atoms with E-state index in [0.29, 0.717) is 23.4 Å². The maximum absolute atomic E-state index is 6.37. The van der Waals surface area contributed by atoms with Gasteiger partial charge in [-0.2, -0.15) is 0 Å². The van der Waals surface area contributed by atoms with Crippen LogP contribution < -0.4 is 4.74 Å². The summed E-state index contributed by atoms with van der Waals surface area (Å²) >= 11 is 0. The van der Waals surface area contributed by atoms with Crippen LogP contribution in [-0.2, 0) is 0 Å². The number of aliphatic imine (C=N–C) groups is 2. The van der Waals surface area contributed by atoms with E-state index in [-0.39, 0.29) is 5.92 Å². The van der Waals surface area contributed by atoms with Crippen molar-refractivity contribution in [3.05, 3.63) is 133 Å². The molecule has 44 heavy (non-hydrogen) atoms. The third-order valence-corrected chi connectivity index (χ3v) is 8.25. The lowest BCUT2D eigenvalue weighted by molar-refractivity contribution is 0.534. The first kappa shape index (κ1) is 24.6. The number of aromatic nitrogens is 3. The number of para-hydroxylation sites is 1. The SMILES string of the molecule is C1=NC(c2nc(-c3ccccc3)nc(-c3ccccc3)n2)C2C(=N1)Oc1cc(-c3ccc4oc5ccccc5c4c3)ccc12. The zero-order valence-electron chi connectivity index (χ0n) is 23.3. The molecule has 0 saturated heterocycles. The molecule has 7 heteroatoms. The van der Waals surface area contributed by atoms with E-state index in [2.05, 4.69) is 41.4 Å². The average Bonchev–Trinajstić information content (AvgIpc) is 3.66. The molecule has 2 aliphatic rings. The minimum Gasteiger partial charge on any atom is -0.456 e. The number of rotatable bonds is 4. The molecule has 0 aliphatic carbocycles. The van der Waals surface area contributed by atoms with Crippen LogP contribution in [0, 0.1) is 0 Å². The standard InChI is InChI=1S/C37H23N5O2/c1-3-9-22(10-4-1)34-40-35(23-11-5-2-6-12-23)42-36(41-34)33-32-27-17-15-25(20-31(27)44-37(32)39-21-38-33)24-16-18-30-28(19-24)26-13-7-8-14-29(26)43-30/h1-21,32-33H. The van der Waals surface area contributed by atoms with Gasteiger partial charge in [0.1, 0.15) is 29.3 Å². The van der Waals surface area contributed by atoms with Gasteiger partial charge >= 0.3 is 0 Å². The Bertz CT molecular complexity index is 2220. The highest BCUT2D eigenvalue weighted by molar-refractivity contribution is 6.06. The van der Waals surface area contributed by atoms with Gasteiger partial charge in [0, 0.05) is 27.5 Å². The Morgan fingerprint density at radius 3 is 1.98 bits per heavy atom. The first-order valence-electron chi connectivity index (χ1n) is 14.5. The Morgan fingerprint density at radius 2 is 1.20 bits per heavy atom. The highest BCUT2D eigenvalue weighted by Crippen LogP contribution is 2.47. The summed E-state index contributed by atoms with van der Waals surface area (Å²) in [5.74, 6) is 2.88. The third kappa shape index (κ3) is 4.01. The minimum absolute atomic E-state index is 0.251. The van der Waals surface area contributed by atoms with Gasteiger partial charge in [-0.25, -0.2) is 19.9 Å². The molecule has 7 nitrogen and oxygen atoms in total. The van der Waals surface area contributed by atoms with Crippen molar-refractivity contribution in [3.8, 4) is 39.7 Å². The van der Waals surface area contributed by atoms with Gasteiger partial charge in [0.15, 0.2) is 17.5 Å². The Morgan fingerprint density at radius 1 is 0.545 bits per heavy atom. The van der Waals surface area contributed by atoms with E-state index in [1.165, 1.54) is 0 Å². The van der Waals surface area contributed by atoms with Crippen LogP contribution in [0.3, 0.4) is 0 Å². The Kier molecular flexibility index (Phi) is 5.49. The number of hydrogen-bond acceptors (Lipinski definition) is 7. The molecular weight excluding hydrogens is 546 g/mol. The van der Waals surface area contributed by atoms with Gasteiger partial charge in [0.2, 0.25) is 5.90 Å². The van der Waals surface area contributed by atoms with Crippen LogP contribution in [0.5, 0.6) is 5.75 Å². The number of hydrogen-bond donors (Lipinski definition) is 0. The molecule has 0 radical (unpaired) electrons. The molecule has 2 aliphatic heterocycles. The lowest BCUT2D eigenvalue weighted by Crippen LogP contribution is -2.23. The van der Waals surface area contributed by atoms with E-state index >= 15 is 0 Å². The minimum atomic E-state index is -0.420. The molecule has 0 amide bonds. The molecule has 0 fully saturated rings. The van der Waals surface area contributed by atoms with Gasteiger partial charge in [-0.1, -0.05) is 97.1 Å². The first-order chi connectivity index (χ1) is 21.8. The molecule has 4 heterocycles. The summed E-state index contributed by atoms with van der Waals surface area (Å²) in [7, 11) is 0. The molecule has 0 N–H and O–H groups in total. The maximum atomic E-state index is 6.37. The quantitative estimate of drug-likeness (QED) is 0.212. The van der Waals surface area contributed by atoms with Gasteiger partial charge in [0.25, 0.3) is 0 Å². The zero-order chi connectivity index (χ0) is 29.0. The summed E-state index contributed by atoms with van der Waals surface area (Å²) in [6.45, 7) is 0. The second-order valence-electron chi connectivity index (χ2n) is 10.9.